The Morgan fingerprint density at radius 3 is 2.28 bits per heavy atom. The third kappa shape index (κ3) is 3.59. The van der Waals surface area contributed by atoms with Gasteiger partial charge in [-0.2, -0.15) is 0 Å². The fraction of sp³-hybridized carbons (Fsp3) is 0.562. The van der Waals surface area contributed by atoms with E-state index in [9.17, 15) is 9.90 Å². The van der Waals surface area contributed by atoms with Crippen LogP contribution in [0, 0.1) is 11.8 Å². The molecule has 1 aromatic rings. The highest BCUT2D eigenvalue weighted by Crippen LogP contribution is 2.31. The Morgan fingerprint density at radius 1 is 1.11 bits per heavy atom. The molecule has 1 saturated carbocycles. The number of carbonyl (C=O) groups is 1. The molecule has 1 atom stereocenters. The summed E-state index contributed by atoms with van der Waals surface area (Å²) in [5.41, 5.74) is 1.15. The Kier molecular flexibility index (Phi) is 4.80. The molecule has 0 heterocycles. The summed E-state index contributed by atoms with van der Waals surface area (Å²) in [6.45, 7) is 0. The van der Waals surface area contributed by atoms with Crippen LogP contribution in [-0.2, 0) is 11.2 Å². The van der Waals surface area contributed by atoms with E-state index in [-0.39, 0.29) is 5.92 Å². The number of benzene rings is 1. The van der Waals surface area contributed by atoms with Gasteiger partial charge in [-0.25, -0.2) is 0 Å². The zero-order valence-electron chi connectivity index (χ0n) is 10.8. The van der Waals surface area contributed by atoms with E-state index in [4.69, 9.17) is 0 Å². The normalized spacial score (nSPS) is 19.1. The van der Waals surface area contributed by atoms with Gasteiger partial charge in [0.1, 0.15) is 0 Å². The van der Waals surface area contributed by atoms with Gasteiger partial charge in [-0.3, -0.25) is 4.79 Å². The van der Waals surface area contributed by atoms with E-state index in [1.165, 1.54) is 25.7 Å². The molecule has 0 spiro atoms. The van der Waals surface area contributed by atoms with E-state index in [1.54, 1.807) is 0 Å². The second-order valence-electron chi connectivity index (χ2n) is 5.39. The second kappa shape index (κ2) is 6.58. The summed E-state index contributed by atoms with van der Waals surface area (Å²) in [6.07, 6.45) is 7.79. The highest BCUT2D eigenvalue weighted by molar-refractivity contribution is 5.70. The molecular formula is C16H22O2. The number of aliphatic carboxylic acids is 1. The number of hydrogen-bond acceptors (Lipinski definition) is 1. The van der Waals surface area contributed by atoms with Gasteiger partial charge in [0.2, 0.25) is 0 Å². The molecule has 1 aliphatic rings. The zero-order chi connectivity index (χ0) is 12.8. The predicted octanol–water partition coefficient (Wildman–Crippen LogP) is 3.90. The summed E-state index contributed by atoms with van der Waals surface area (Å²) >= 11 is 0. The average molecular weight is 246 g/mol. The molecule has 0 radical (unpaired) electrons. The lowest BCUT2D eigenvalue weighted by atomic mass is 9.82. The van der Waals surface area contributed by atoms with Crippen LogP contribution in [-0.4, -0.2) is 11.1 Å². The minimum Gasteiger partial charge on any atom is -0.481 e. The minimum absolute atomic E-state index is 0.203. The number of carboxylic acid groups (broad SMARTS) is 1. The maximum Gasteiger partial charge on any atom is 0.307 e. The van der Waals surface area contributed by atoms with Crippen molar-refractivity contribution in [1.82, 2.24) is 0 Å². The molecule has 0 aliphatic heterocycles. The Bertz CT molecular complexity index is 364. The first kappa shape index (κ1) is 13.1. The van der Waals surface area contributed by atoms with E-state index in [2.05, 4.69) is 0 Å². The zero-order valence-corrected chi connectivity index (χ0v) is 10.8. The summed E-state index contributed by atoms with van der Waals surface area (Å²) in [5.74, 6) is -0.457. The summed E-state index contributed by atoms with van der Waals surface area (Å²) in [6, 6.07) is 10.0. The quantitative estimate of drug-likeness (QED) is 0.818. The lowest BCUT2D eigenvalue weighted by molar-refractivity contribution is -0.143. The molecule has 1 N–H and O–H groups in total. The number of carboxylic acids is 1. The number of rotatable bonds is 4. The Morgan fingerprint density at radius 2 is 1.72 bits per heavy atom. The van der Waals surface area contributed by atoms with E-state index in [0.717, 1.165) is 18.4 Å². The van der Waals surface area contributed by atoms with Crippen LogP contribution in [0.4, 0.5) is 0 Å². The Hall–Kier alpha value is -1.31. The van der Waals surface area contributed by atoms with Gasteiger partial charge in [0.05, 0.1) is 5.92 Å². The van der Waals surface area contributed by atoms with Crippen LogP contribution in [0.15, 0.2) is 30.3 Å². The van der Waals surface area contributed by atoms with Crippen LogP contribution >= 0.6 is 0 Å². The highest BCUT2D eigenvalue weighted by Gasteiger charge is 2.28. The first-order valence-corrected chi connectivity index (χ1v) is 7.04. The van der Waals surface area contributed by atoms with Crippen LogP contribution in [0.2, 0.25) is 0 Å². The second-order valence-corrected chi connectivity index (χ2v) is 5.39. The van der Waals surface area contributed by atoms with Crippen LogP contribution in [0.5, 0.6) is 0 Å². The third-order valence-electron chi connectivity index (χ3n) is 4.08. The SMILES string of the molecule is O=C(O)C(Cc1ccccc1)C1CCCCCC1. The molecule has 2 heteroatoms. The molecule has 1 aromatic carbocycles. The maximum absolute atomic E-state index is 11.5. The maximum atomic E-state index is 11.5. The van der Waals surface area contributed by atoms with Gasteiger partial charge in [0.15, 0.2) is 0 Å². The Balaban J connectivity index is 2.05. The first-order valence-electron chi connectivity index (χ1n) is 7.04. The van der Waals surface area contributed by atoms with Crippen molar-refractivity contribution in [2.45, 2.75) is 44.9 Å². The van der Waals surface area contributed by atoms with Gasteiger partial charge in [-0.1, -0.05) is 56.0 Å². The molecule has 98 valence electrons. The first-order chi connectivity index (χ1) is 8.77. The van der Waals surface area contributed by atoms with Crippen molar-refractivity contribution in [3.8, 4) is 0 Å². The topological polar surface area (TPSA) is 37.3 Å². The molecule has 2 rings (SSSR count). The number of hydrogen-bond donors (Lipinski definition) is 1. The summed E-state index contributed by atoms with van der Waals surface area (Å²) < 4.78 is 0. The van der Waals surface area contributed by atoms with Crippen molar-refractivity contribution in [3.05, 3.63) is 35.9 Å². The summed E-state index contributed by atoms with van der Waals surface area (Å²) in [4.78, 5) is 11.5. The fourth-order valence-corrected chi connectivity index (χ4v) is 3.04. The van der Waals surface area contributed by atoms with Crippen molar-refractivity contribution >= 4 is 5.97 Å². The van der Waals surface area contributed by atoms with Gasteiger partial charge >= 0.3 is 5.97 Å². The standard InChI is InChI=1S/C16H22O2/c17-16(18)15(12-13-8-4-3-5-9-13)14-10-6-1-2-7-11-14/h3-5,8-9,14-15H,1-2,6-7,10-12H2,(H,17,18). The van der Waals surface area contributed by atoms with Crippen molar-refractivity contribution < 1.29 is 9.90 Å². The van der Waals surface area contributed by atoms with Crippen molar-refractivity contribution in [3.63, 3.8) is 0 Å². The molecular weight excluding hydrogens is 224 g/mol. The van der Waals surface area contributed by atoms with Crippen LogP contribution in [0.25, 0.3) is 0 Å². The van der Waals surface area contributed by atoms with Gasteiger partial charge < -0.3 is 5.11 Å². The highest BCUT2D eigenvalue weighted by atomic mass is 16.4. The smallest absolute Gasteiger partial charge is 0.307 e. The monoisotopic (exact) mass is 246 g/mol. The Labute approximate surface area is 109 Å². The van der Waals surface area contributed by atoms with Gasteiger partial charge in [-0.15, -0.1) is 0 Å². The van der Waals surface area contributed by atoms with Crippen LogP contribution in [0.1, 0.15) is 44.1 Å². The van der Waals surface area contributed by atoms with E-state index in [0.29, 0.717) is 12.3 Å². The van der Waals surface area contributed by atoms with Crippen LogP contribution < -0.4 is 0 Å². The van der Waals surface area contributed by atoms with Crippen molar-refractivity contribution in [1.29, 1.82) is 0 Å². The third-order valence-corrected chi connectivity index (χ3v) is 4.08. The van der Waals surface area contributed by atoms with Crippen molar-refractivity contribution in [2.24, 2.45) is 11.8 Å². The molecule has 0 aromatic heterocycles. The lowest BCUT2D eigenvalue weighted by Gasteiger charge is -2.22. The van der Waals surface area contributed by atoms with E-state index >= 15 is 0 Å². The predicted molar refractivity (Wildman–Crippen MR) is 72.5 cm³/mol. The molecule has 0 saturated heterocycles. The molecule has 18 heavy (non-hydrogen) atoms. The largest absolute Gasteiger partial charge is 0.481 e. The summed E-state index contributed by atoms with van der Waals surface area (Å²) in [5, 5.41) is 9.48. The molecule has 2 nitrogen and oxygen atoms in total. The lowest BCUT2D eigenvalue weighted by Crippen LogP contribution is -2.25. The molecule has 0 amide bonds. The van der Waals surface area contributed by atoms with Gasteiger partial charge in [-0.05, 0) is 30.7 Å². The van der Waals surface area contributed by atoms with Crippen LogP contribution in [0.3, 0.4) is 0 Å². The average Bonchev–Trinajstić information content (AvgIpc) is 2.65. The molecule has 1 fully saturated rings. The molecule has 1 aliphatic carbocycles. The van der Waals surface area contributed by atoms with E-state index < -0.39 is 5.97 Å². The van der Waals surface area contributed by atoms with Gasteiger partial charge in [0, 0.05) is 0 Å². The minimum atomic E-state index is -0.620. The fourth-order valence-electron chi connectivity index (χ4n) is 3.04. The van der Waals surface area contributed by atoms with Gasteiger partial charge in [0.25, 0.3) is 0 Å². The van der Waals surface area contributed by atoms with E-state index in [1.807, 2.05) is 30.3 Å². The molecule has 1 unspecified atom stereocenters. The van der Waals surface area contributed by atoms with Crippen molar-refractivity contribution in [2.75, 3.05) is 0 Å². The molecule has 0 bridgehead atoms. The summed E-state index contributed by atoms with van der Waals surface area (Å²) in [7, 11) is 0.